The zero-order valence-electron chi connectivity index (χ0n) is 71.8. The molecule has 131 heavy (non-hydrogen) atoms. The van der Waals surface area contributed by atoms with Crippen LogP contribution in [0, 0.1) is 0 Å². The van der Waals surface area contributed by atoms with E-state index in [1.165, 1.54) is 26.9 Å². The second-order valence-corrected chi connectivity index (χ2v) is 34.0. The minimum absolute atomic E-state index is 0.0930. The van der Waals surface area contributed by atoms with Crippen LogP contribution in [0.1, 0.15) is 26.5 Å². The first-order valence-electron chi connectivity index (χ1n) is 44.1. The maximum Gasteiger partial charge on any atom is 0.164 e. The first kappa shape index (κ1) is 78.4. The van der Waals surface area contributed by atoms with E-state index in [2.05, 4.69) is 288 Å². The molecule has 0 aliphatic heterocycles. The number of furan rings is 3. The highest BCUT2D eigenvalue weighted by atomic mass is 16.3. The molecule has 0 aliphatic rings. The molecular formula is C120H80N8O3. The summed E-state index contributed by atoms with van der Waals surface area (Å²) in [4.78, 5) is 39.3. The molecule has 0 saturated heterocycles. The largest absolute Gasteiger partial charge is 0.455 e. The average Bonchev–Trinajstić information content (AvgIpc) is 1.60. The molecule has 6 heterocycles. The van der Waals surface area contributed by atoms with E-state index in [1.807, 2.05) is 164 Å². The van der Waals surface area contributed by atoms with E-state index in [4.69, 9.17) is 53.1 Å². The van der Waals surface area contributed by atoms with E-state index >= 15 is 0 Å². The fourth-order valence-electron chi connectivity index (χ4n) is 18.0. The first-order chi connectivity index (χ1) is 64.5. The Morgan fingerprint density at radius 1 is 0.176 bits per heavy atom. The molecule has 618 valence electrons. The summed E-state index contributed by atoms with van der Waals surface area (Å²) in [7, 11) is 0. The zero-order chi connectivity index (χ0) is 87.5. The minimum Gasteiger partial charge on any atom is -0.455 e. The third-order valence-electron chi connectivity index (χ3n) is 24.6. The van der Waals surface area contributed by atoms with Crippen LogP contribution in [0.25, 0.3) is 244 Å². The summed E-state index contributed by atoms with van der Waals surface area (Å²) in [5.74, 6) is 4.62. The van der Waals surface area contributed by atoms with Gasteiger partial charge in [0.15, 0.2) is 40.8 Å². The molecule has 11 nitrogen and oxygen atoms in total. The number of benzene rings is 19. The van der Waals surface area contributed by atoms with Gasteiger partial charge in [-0.2, -0.15) is 0 Å². The number of hydrogen-bond acceptors (Lipinski definition) is 11. The second-order valence-electron chi connectivity index (χ2n) is 34.0. The minimum atomic E-state index is -0.0930. The van der Waals surface area contributed by atoms with E-state index in [0.717, 1.165) is 188 Å². The lowest BCUT2D eigenvalue weighted by Gasteiger charge is -2.19. The van der Waals surface area contributed by atoms with Crippen molar-refractivity contribution in [3.63, 3.8) is 0 Å². The molecule has 19 aromatic carbocycles. The Morgan fingerprint density at radius 2 is 0.489 bits per heavy atom. The van der Waals surface area contributed by atoms with Gasteiger partial charge in [-0.25, -0.2) is 39.9 Å². The highest BCUT2D eigenvalue weighted by Crippen LogP contribution is 2.45. The van der Waals surface area contributed by atoms with Crippen LogP contribution in [-0.2, 0) is 5.41 Å². The Hall–Kier alpha value is -17.3. The Bertz CT molecular complexity index is 8560. The van der Waals surface area contributed by atoms with Crippen molar-refractivity contribution in [2.75, 3.05) is 0 Å². The summed E-state index contributed by atoms with van der Waals surface area (Å²) in [6.45, 7) is 6.57. The highest BCUT2D eigenvalue weighted by molar-refractivity contribution is 6.25. The number of aromatic nitrogens is 8. The number of rotatable bonds is 12. The fourth-order valence-corrected chi connectivity index (χ4v) is 18.0. The predicted octanol–water partition coefficient (Wildman–Crippen LogP) is 31.8. The molecule has 6 aromatic heterocycles. The topological polar surface area (TPSA) is 143 Å². The summed E-state index contributed by atoms with van der Waals surface area (Å²) in [6.07, 6.45) is 0. The zero-order valence-corrected chi connectivity index (χ0v) is 71.8. The molecule has 25 aromatic rings. The van der Waals surface area contributed by atoms with E-state index in [0.29, 0.717) is 34.9 Å². The van der Waals surface area contributed by atoms with Crippen LogP contribution in [0.2, 0.25) is 0 Å². The van der Waals surface area contributed by atoms with Crippen LogP contribution >= 0.6 is 0 Å². The van der Waals surface area contributed by atoms with Crippen molar-refractivity contribution >= 4 is 109 Å². The van der Waals surface area contributed by atoms with Crippen molar-refractivity contribution in [2.24, 2.45) is 0 Å². The van der Waals surface area contributed by atoms with Gasteiger partial charge in [-0.3, -0.25) is 0 Å². The summed E-state index contributed by atoms with van der Waals surface area (Å²) in [6, 6.07) is 149. The molecule has 25 rings (SSSR count). The highest BCUT2D eigenvalue weighted by Gasteiger charge is 2.24. The van der Waals surface area contributed by atoms with Gasteiger partial charge in [0.2, 0.25) is 0 Å². The summed E-state index contributed by atoms with van der Waals surface area (Å²) in [5.41, 5.74) is 24.0. The van der Waals surface area contributed by atoms with Gasteiger partial charge < -0.3 is 13.3 Å². The van der Waals surface area contributed by atoms with Gasteiger partial charge in [-0.15, -0.1) is 0 Å². The lowest BCUT2D eigenvalue weighted by atomic mass is 9.90. The van der Waals surface area contributed by atoms with Crippen LogP contribution < -0.4 is 0 Å². The van der Waals surface area contributed by atoms with Gasteiger partial charge in [0, 0.05) is 104 Å². The van der Waals surface area contributed by atoms with Gasteiger partial charge in [0.1, 0.15) is 33.5 Å². The maximum absolute atomic E-state index is 6.77. The molecule has 0 N–H and O–H groups in total. The monoisotopic (exact) mass is 1680 g/mol. The quantitative estimate of drug-likeness (QED) is 0.108. The Morgan fingerprint density at radius 3 is 1.03 bits per heavy atom. The number of nitrogens with zero attached hydrogens (tertiary/aromatic N) is 8. The van der Waals surface area contributed by atoms with E-state index in [1.54, 1.807) is 0 Å². The normalized spacial score (nSPS) is 11.6. The summed E-state index contributed by atoms with van der Waals surface area (Å²) < 4.78 is 19.5. The Balaban J connectivity index is 0.000000112. The van der Waals surface area contributed by atoms with Crippen molar-refractivity contribution < 1.29 is 13.3 Å². The number of fused-ring (bicyclic) bond motifs is 17. The van der Waals surface area contributed by atoms with Crippen LogP contribution in [0.15, 0.2) is 444 Å². The van der Waals surface area contributed by atoms with Crippen molar-refractivity contribution in [1.29, 1.82) is 0 Å². The van der Waals surface area contributed by atoms with E-state index < -0.39 is 0 Å². The molecule has 11 heteroatoms. The van der Waals surface area contributed by atoms with E-state index in [9.17, 15) is 0 Å². The SMILES string of the molecule is CC(C)(C)c1cc(-c2ccccc2)nc(-c2ccc(-c3cccc(-c4cccc5c4oc4ccccc45)c3)cc2)n1.c1ccc(-c2nc(-c3ccccc3)nc(-c3ccc(-c4cccc5c4oc4c5ccc5ccc6ccccc6c54)cc3)n2)cc1.c1ccc(-c2nc(-c3ccccc3)nc(-c3cccc(-c4ccc5c(ccc6ccc7c8ccccc8oc7c65)c4)c3)n2)cc1. The average molecular weight is 1680 g/mol. The molecule has 0 amide bonds. The third-order valence-corrected chi connectivity index (χ3v) is 24.6. The molecule has 0 spiro atoms. The third kappa shape index (κ3) is 15.1. The summed E-state index contributed by atoms with van der Waals surface area (Å²) in [5, 5.41) is 16.2. The van der Waals surface area contributed by atoms with Gasteiger partial charge in [-0.05, 0) is 114 Å². The van der Waals surface area contributed by atoms with Crippen molar-refractivity contribution in [3.8, 4) is 135 Å². The van der Waals surface area contributed by atoms with Gasteiger partial charge in [-0.1, -0.05) is 403 Å². The maximum atomic E-state index is 6.77. The van der Waals surface area contributed by atoms with Crippen LogP contribution in [0.5, 0.6) is 0 Å². The van der Waals surface area contributed by atoms with Gasteiger partial charge >= 0.3 is 0 Å². The Labute approximate surface area is 755 Å². The lowest BCUT2D eigenvalue weighted by molar-refractivity contribution is 0.568. The van der Waals surface area contributed by atoms with Gasteiger partial charge in [0.25, 0.3) is 0 Å². The predicted molar refractivity (Wildman–Crippen MR) is 537 cm³/mol. The molecule has 0 bridgehead atoms. The first-order valence-corrected chi connectivity index (χ1v) is 44.1. The molecule has 0 atom stereocenters. The van der Waals surface area contributed by atoms with Crippen molar-refractivity contribution in [2.45, 2.75) is 26.2 Å². The molecular weight excluding hydrogens is 1600 g/mol. The van der Waals surface area contributed by atoms with Gasteiger partial charge in [0.05, 0.1) is 11.4 Å². The van der Waals surface area contributed by atoms with E-state index in [-0.39, 0.29) is 5.41 Å². The van der Waals surface area contributed by atoms with Crippen LogP contribution in [-0.4, -0.2) is 39.9 Å². The lowest BCUT2D eigenvalue weighted by Crippen LogP contribution is -2.15. The standard InChI is InChI=1S/2C41H25N3O.C38H30N2O/c1-3-11-29(12-4-1)39-42-40(30-13-5-2-6-14-30)44-41(43-39)31-22-19-27(20-23-31)33-16-9-17-34-35-25-24-28-21-18-26-10-7-8-15-32(26)36(28)38(35)45-37(33)34;1-3-10-27(11-4-1)39-42-40(28-12-5-2-6-13-28)44-41(43-39)32-15-9-14-29(25-32)30-21-22-33-31(24-30)19-18-26-20-23-35-34-16-7-8-17-36(34)45-38(35)37(26)33;1-38(2,3)35-24-33(26-11-5-4-6-12-26)39-37(40-35)27-21-19-25(20-22-27)28-13-9-14-29(23-28)30-16-10-17-32-31-15-7-8-18-34(31)41-36(30)32/h2*1-25H;4-24H,1-3H3. The van der Waals surface area contributed by atoms with Crippen LogP contribution in [0.4, 0.5) is 0 Å². The van der Waals surface area contributed by atoms with Crippen molar-refractivity contribution in [3.05, 3.63) is 436 Å². The molecule has 0 aliphatic carbocycles. The number of para-hydroxylation sites is 4. The molecule has 0 radical (unpaired) electrons. The molecule has 0 unspecified atom stereocenters. The molecule has 0 saturated carbocycles. The van der Waals surface area contributed by atoms with Crippen molar-refractivity contribution in [1.82, 2.24) is 39.9 Å². The molecule has 0 fully saturated rings. The number of hydrogen-bond donors (Lipinski definition) is 0. The Kier molecular flexibility index (Phi) is 19.9. The smallest absolute Gasteiger partial charge is 0.164 e. The van der Waals surface area contributed by atoms with Crippen LogP contribution in [0.3, 0.4) is 0 Å². The fraction of sp³-hybridized carbons (Fsp3) is 0.0333. The second kappa shape index (κ2) is 33.2. The summed E-state index contributed by atoms with van der Waals surface area (Å²) >= 11 is 0.